The molecule has 0 saturated heterocycles. The lowest BCUT2D eigenvalue weighted by Gasteiger charge is -2.10. The van der Waals surface area contributed by atoms with E-state index in [1.165, 1.54) is 21.6 Å². The number of thiophene rings is 1. The molecular weight excluding hydrogens is 512 g/mol. The second-order valence-corrected chi connectivity index (χ2v) is 11.4. The van der Waals surface area contributed by atoms with Gasteiger partial charge in [0.25, 0.3) is 0 Å². The zero-order valence-electron chi connectivity index (χ0n) is 19.4. The fraction of sp³-hybridized carbons (Fsp3) is 0.148. The van der Waals surface area contributed by atoms with Gasteiger partial charge in [0, 0.05) is 44.6 Å². The molecule has 3 heterocycles. The second-order valence-electron chi connectivity index (χ2n) is 8.06. The zero-order valence-corrected chi connectivity index (χ0v) is 22.6. The van der Waals surface area contributed by atoms with Crippen molar-refractivity contribution in [2.45, 2.75) is 31.3 Å². The fourth-order valence-electron chi connectivity index (χ4n) is 3.86. The Morgan fingerprint density at radius 2 is 1.80 bits per heavy atom. The molecule has 0 N–H and O–H groups in total. The third-order valence-electron chi connectivity index (χ3n) is 5.59. The molecule has 2 aromatic carbocycles. The fourth-order valence-corrected chi connectivity index (χ4v) is 6.81. The predicted octanol–water partition coefficient (Wildman–Crippen LogP) is 8.55. The molecule has 0 atom stereocenters. The average molecular weight is 535 g/mol. The average Bonchev–Trinajstić information content (AvgIpc) is 3.58. The topological polar surface area (TPSA) is 43.6 Å². The van der Waals surface area contributed by atoms with E-state index in [1.54, 1.807) is 34.4 Å². The molecule has 0 aliphatic carbocycles. The summed E-state index contributed by atoms with van der Waals surface area (Å²) in [6.45, 7) is 8.86. The lowest BCUT2D eigenvalue weighted by Crippen LogP contribution is -2.01. The van der Waals surface area contributed by atoms with Crippen LogP contribution in [0.2, 0.25) is 5.02 Å². The van der Waals surface area contributed by atoms with Gasteiger partial charge in [-0.25, -0.2) is 4.98 Å². The molecule has 0 saturated carbocycles. The minimum Gasteiger partial charge on any atom is -0.298 e. The summed E-state index contributed by atoms with van der Waals surface area (Å²) in [7, 11) is 0. The van der Waals surface area contributed by atoms with Gasteiger partial charge in [0.1, 0.15) is 5.01 Å². The predicted molar refractivity (Wildman–Crippen MR) is 151 cm³/mol. The molecule has 4 nitrogen and oxygen atoms in total. The zero-order chi connectivity index (χ0) is 24.4. The number of allylic oxidation sites excluding steroid dienone is 1. The molecule has 3 aromatic heterocycles. The van der Waals surface area contributed by atoms with Crippen LogP contribution in [0.15, 0.2) is 77.1 Å². The lowest BCUT2D eigenvalue weighted by molar-refractivity contribution is 0.731. The minimum absolute atomic E-state index is 0.634. The highest BCUT2D eigenvalue weighted by Crippen LogP contribution is 2.40. The van der Waals surface area contributed by atoms with Crippen molar-refractivity contribution in [3.8, 4) is 33.1 Å². The van der Waals surface area contributed by atoms with Gasteiger partial charge in [0.15, 0.2) is 11.0 Å². The molecule has 0 spiro atoms. The van der Waals surface area contributed by atoms with Crippen molar-refractivity contribution in [3.05, 3.63) is 93.1 Å². The molecule has 8 heteroatoms. The van der Waals surface area contributed by atoms with Crippen molar-refractivity contribution < 1.29 is 0 Å². The Kier molecular flexibility index (Phi) is 7.20. The van der Waals surface area contributed by atoms with Gasteiger partial charge >= 0.3 is 0 Å². The Morgan fingerprint density at radius 1 is 1.00 bits per heavy atom. The van der Waals surface area contributed by atoms with Gasteiger partial charge < -0.3 is 0 Å². The summed E-state index contributed by atoms with van der Waals surface area (Å²) in [6.07, 6.45) is 1.89. The second kappa shape index (κ2) is 10.5. The number of rotatable bonds is 8. The van der Waals surface area contributed by atoms with E-state index in [4.69, 9.17) is 16.6 Å². The number of thioether (sulfide) groups is 1. The van der Waals surface area contributed by atoms with E-state index < -0.39 is 0 Å². The van der Waals surface area contributed by atoms with E-state index in [1.807, 2.05) is 30.3 Å². The van der Waals surface area contributed by atoms with Crippen LogP contribution in [-0.4, -0.2) is 19.7 Å². The maximum Gasteiger partial charge on any atom is 0.192 e. The van der Waals surface area contributed by atoms with Crippen LogP contribution in [0.5, 0.6) is 0 Å². The Bertz CT molecular complexity index is 1480. The number of hydrogen-bond acceptors (Lipinski definition) is 6. The third kappa shape index (κ3) is 5.00. The highest BCUT2D eigenvalue weighted by atomic mass is 35.5. The molecule has 0 amide bonds. The largest absolute Gasteiger partial charge is 0.298 e. The van der Waals surface area contributed by atoms with Gasteiger partial charge in [-0.1, -0.05) is 77.5 Å². The van der Waals surface area contributed by atoms with Gasteiger partial charge in [-0.15, -0.1) is 39.4 Å². The summed E-state index contributed by atoms with van der Waals surface area (Å²) in [5.74, 6) is 1.56. The van der Waals surface area contributed by atoms with Crippen molar-refractivity contribution in [2.24, 2.45) is 0 Å². The van der Waals surface area contributed by atoms with Crippen LogP contribution in [0.25, 0.3) is 33.1 Å². The number of halogens is 1. The Labute approximate surface area is 222 Å². The van der Waals surface area contributed by atoms with Crippen molar-refractivity contribution in [1.29, 1.82) is 0 Å². The maximum atomic E-state index is 6.36. The Balaban J connectivity index is 1.43. The first-order valence-corrected chi connectivity index (χ1v) is 14.2. The van der Waals surface area contributed by atoms with Gasteiger partial charge in [-0.3, -0.25) is 4.57 Å². The van der Waals surface area contributed by atoms with Gasteiger partial charge in [0.2, 0.25) is 0 Å². The molecule has 0 unspecified atom stereocenters. The van der Waals surface area contributed by atoms with Crippen molar-refractivity contribution in [1.82, 2.24) is 19.7 Å². The normalized spacial score (nSPS) is 11.2. The van der Waals surface area contributed by atoms with Crippen LogP contribution in [0.4, 0.5) is 0 Å². The van der Waals surface area contributed by atoms with Crippen molar-refractivity contribution in [3.63, 3.8) is 0 Å². The van der Waals surface area contributed by atoms with E-state index in [-0.39, 0.29) is 0 Å². The third-order valence-corrected chi connectivity index (χ3v) is 8.76. The van der Waals surface area contributed by atoms with E-state index >= 15 is 0 Å². The molecule has 35 heavy (non-hydrogen) atoms. The molecule has 5 rings (SSSR count). The Hall–Kier alpha value is -2.71. The molecule has 5 aromatic rings. The van der Waals surface area contributed by atoms with Crippen molar-refractivity contribution in [2.75, 3.05) is 0 Å². The quantitative estimate of drug-likeness (QED) is 0.148. The molecule has 0 radical (unpaired) electrons. The number of thiazole rings is 1. The van der Waals surface area contributed by atoms with Crippen LogP contribution in [-0.2, 0) is 12.3 Å². The van der Waals surface area contributed by atoms with Crippen LogP contribution >= 0.6 is 46.0 Å². The monoisotopic (exact) mass is 534 g/mol. The van der Waals surface area contributed by atoms with Gasteiger partial charge in [-0.2, -0.15) is 0 Å². The van der Waals surface area contributed by atoms with Crippen molar-refractivity contribution >= 4 is 46.0 Å². The summed E-state index contributed by atoms with van der Waals surface area (Å²) in [5, 5.41) is 15.9. The van der Waals surface area contributed by atoms with Crippen LogP contribution < -0.4 is 0 Å². The first-order valence-electron chi connectivity index (χ1n) is 11.1. The number of hydrogen-bond donors (Lipinski definition) is 0. The van der Waals surface area contributed by atoms with Crippen LogP contribution in [0.1, 0.15) is 16.1 Å². The Morgan fingerprint density at radius 3 is 2.57 bits per heavy atom. The summed E-state index contributed by atoms with van der Waals surface area (Å²) in [6, 6.07) is 16.5. The summed E-state index contributed by atoms with van der Waals surface area (Å²) >= 11 is 11.3. The first kappa shape index (κ1) is 24.0. The molecule has 0 bridgehead atoms. The molecule has 0 aliphatic heterocycles. The molecular formula is C27H23ClN4S3. The maximum absolute atomic E-state index is 6.36. The van der Waals surface area contributed by atoms with Crippen LogP contribution in [0, 0.1) is 13.8 Å². The standard InChI is InChI=1S/C27H23ClN4S3/c1-4-13-32-25(22-16-33-18(3)24(22)19-11-9-17(2)10-12-19)30-31-27(32)35-15-20-14-34-26(29-20)21-7-5-6-8-23(21)28/h4-12,14,16H,1,13,15H2,2-3H3. The van der Waals surface area contributed by atoms with E-state index in [0.717, 1.165) is 32.8 Å². The van der Waals surface area contributed by atoms with Gasteiger partial charge in [0.05, 0.1) is 10.7 Å². The number of aryl methyl sites for hydroxylation is 2. The van der Waals surface area contributed by atoms with Crippen LogP contribution in [0.3, 0.4) is 0 Å². The number of benzene rings is 2. The highest BCUT2D eigenvalue weighted by molar-refractivity contribution is 7.98. The molecule has 0 fully saturated rings. The number of aromatic nitrogens is 4. The van der Waals surface area contributed by atoms with E-state index in [9.17, 15) is 0 Å². The molecule has 0 aliphatic rings. The lowest BCUT2D eigenvalue weighted by atomic mass is 10.0. The smallest absolute Gasteiger partial charge is 0.192 e. The number of nitrogens with zero attached hydrogens (tertiary/aromatic N) is 4. The minimum atomic E-state index is 0.634. The summed E-state index contributed by atoms with van der Waals surface area (Å²) < 4.78 is 2.14. The molecule has 176 valence electrons. The van der Waals surface area contributed by atoms with E-state index in [2.05, 4.69) is 70.2 Å². The van der Waals surface area contributed by atoms with Gasteiger partial charge in [-0.05, 0) is 25.5 Å². The summed E-state index contributed by atoms with van der Waals surface area (Å²) in [4.78, 5) is 6.06. The first-order chi connectivity index (χ1) is 17.0. The summed E-state index contributed by atoms with van der Waals surface area (Å²) in [5.41, 5.74) is 6.72. The SMILES string of the molecule is C=CCn1c(SCc2csc(-c3ccccc3Cl)n2)nnc1-c1csc(C)c1-c1ccc(C)cc1. The highest BCUT2D eigenvalue weighted by Gasteiger charge is 2.20. The van der Waals surface area contributed by atoms with E-state index in [0.29, 0.717) is 17.3 Å².